The Balaban J connectivity index is 3.16. The van der Waals surface area contributed by atoms with E-state index in [1.807, 2.05) is 32.9 Å². The van der Waals surface area contributed by atoms with Gasteiger partial charge in [-0.05, 0) is 23.6 Å². The summed E-state index contributed by atoms with van der Waals surface area (Å²) in [5.41, 5.74) is 1.78. The second-order valence-corrected chi connectivity index (χ2v) is 4.54. The number of rotatable bonds is 5. The lowest BCUT2D eigenvalue weighted by Crippen LogP contribution is -2.17. The van der Waals surface area contributed by atoms with Crippen LogP contribution < -0.4 is 4.74 Å². The number of nitriles is 1. The highest BCUT2D eigenvalue weighted by molar-refractivity contribution is 5.89. The van der Waals surface area contributed by atoms with Gasteiger partial charge >= 0.3 is 0 Å². The van der Waals surface area contributed by atoms with E-state index in [9.17, 15) is 10.1 Å². The summed E-state index contributed by atoms with van der Waals surface area (Å²) < 4.78 is 5.24. The maximum atomic E-state index is 12.0. The molecule has 18 heavy (non-hydrogen) atoms. The van der Waals surface area contributed by atoms with E-state index in [0.717, 1.165) is 23.3 Å². The second kappa shape index (κ2) is 6.20. The summed E-state index contributed by atoms with van der Waals surface area (Å²) in [5.74, 6) is -0.0531. The second-order valence-electron chi connectivity index (χ2n) is 4.54. The molecule has 0 aromatic heterocycles. The van der Waals surface area contributed by atoms with Gasteiger partial charge in [0.05, 0.1) is 13.2 Å². The lowest BCUT2D eigenvalue weighted by molar-refractivity contribution is -0.122. The third kappa shape index (κ3) is 2.89. The fraction of sp³-hybridized carbons (Fsp3) is 0.467. The summed E-state index contributed by atoms with van der Waals surface area (Å²) in [6.07, 6.45) is 0.811. The van der Waals surface area contributed by atoms with Crippen LogP contribution in [0.15, 0.2) is 18.2 Å². The predicted octanol–water partition coefficient (Wildman–Crippen LogP) is 3.09. The summed E-state index contributed by atoms with van der Waals surface area (Å²) in [7, 11) is 1.62. The molecule has 0 fully saturated rings. The third-order valence-corrected chi connectivity index (χ3v) is 3.00. The number of carbonyl (C=O) groups excluding carboxylic acids is 1. The molecule has 0 amide bonds. The largest absolute Gasteiger partial charge is 0.496 e. The Labute approximate surface area is 108 Å². The molecule has 1 rings (SSSR count). The van der Waals surface area contributed by atoms with Gasteiger partial charge in [-0.15, -0.1) is 0 Å². The minimum Gasteiger partial charge on any atom is -0.496 e. The fourth-order valence-corrected chi connectivity index (χ4v) is 1.89. The van der Waals surface area contributed by atoms with Gasteiger partial charge in [-0.1, -0.05) is 32.9 Å². The van der Waals surface area contributed by atoms with Crippen LogP contribution in [0.25, 0.3) is 0 Å². The molecule has 0 spiro atoms. The van der Waals surface area contributed by atoms with Gasteiger partial charge in [-0.25, -0.2) is 0 Å². The summed E-state index contributed by atoms with van der Waals surface area (Å²) in [6.45, 7) is 5.65. The molecule has 1 aromatic rings. The van der Waals surface area contributed by atoms with Crippen LogP contribution in [-0.4, -0.2) is 12.9 Å². The molecule has 1 unspecified atom stereocenters. The van der Waals surface area contributed by atoms with Gasteiger partial charge in [-0.3, -0.25) is 4.79 Å². The number of methoxy groups -OCH3 is 1. The van der Waals surface area contributed by atoms with E-state index in [0.29, 0.717) is 0 Å². The Morgan fingerprint density at radius 3 is 2.56 bits per heavy atom. The first-order valence-corrected chi connectivity index (χ1v) is 6.15. The van der Waals surface area contributed by atoms with Crippen molar-refractivity contribution in [2.75, 3.05) is 7.11 Å². The summed E-state index contributed by atoms with van der Waals surface area (Å²) in [5, 5.41) is 9.19. The number of hydrogen-bond donors (Lipinski definition) is 0. The van der Waals surface area contributed by atoms with Gasteiger partial charge in [0, 0.05) is 5.92 Å². The molecule has 0 aliphatic carbocycles. The lowest BCUT2D eigenvalue weighted by Gasteiger charge is -2.14. The normalized spacial score (nSPS) is 12.0. The average Bonchev–Trinajstić information content (AvgIpc) is 2.39. The van der Waals surface area contributed by atoms with Gasteiger partial charge in [0.25, 0.3) is 0 Å². The van der Waals surface area contributed by atoms with Crippen LogP contribution in [0.2, 0.25) is 0 Å². The number of nitrogens with zero attached hydrogens (tertiary/aromatic N) is 1. The SMILES string of the molecule is CCc1cc(C(C#N)C(=O)C(C)C)ccc1OC. The Bertz CT molecular complexity index is 472. The molecule has 96 valence electrons. The Hall–Kier alpha value is -1.82. The highest BCUT2D eigenvalue weighted by atomic mass is 16.5. The monoisotopic (exact) mass is 245 g/mol. The Kier molecular flexibility index (Phi) is 4.91. The van der Waals surface area contributed by atoms with Gasteiger partial charge in [-0.2, -0.15) is 5.26 Å². The maximum Gasteiger partial charge on any atom is 0.156 e. The minimum absolute atomic E-state index is 0.0373. The lowest BCUT2D eigenvalue weighted by atomic mass is 9.89. The Morgan fingerprint density at radius 1 is 1.44 bits per heavy atom. The van der Waals surface area contributed by atoms with Crippen molar-refractivity contribution in [2.24, 2.45) is 5.92 Å². The van der Waals surface area contributed by atoms with Crippen molar-refractivity contribution < 1.29 is 9.53 Å². The summed E-state index contributed by atoms with van der Waals surface area (Å²) in [6, 6.07) is 7.62. The van der Waals surface area contributed by atoms with Crippen molar-refractivity contribution in [3.05, 3.63) is 29.3 Å². The highest BCUT2D eigenvalue weighted by Gasteiger charge is 2.23. The molecule has 3 nitrogen and oxygen atoms in total. The van der Waals surface area contributed by atoms with E-state index in [1.54, 1.807) is 13.2 Å². The number of ether oxygens (including phenoxy) is 1. The van der Waals surface area contributed by atoms with Crippen LogP contribution in [0.5, 0.6) is 5.75 Å². The zero-order chi connectivity index (χ0) is 13.7. The molecular formula is C15H19NO2. The molecule has 0 N–H and O–H groups in total. The van der Waals surface area contributed by atoms with Crippen LogP contribution in [0, 0.1) is 17.2 Å². The van der Waals surface area contributed by atoms with E-state index in [1.165, 1.54) is 0 Å². The topological polar surface area (TPSA) is 50.1 Å². The van der Waals surface area contributed by atoms with Crippen molar-refractivity contribution in [2.45, 2.75) is 33.1 Å². The molecule has 1 aromatic carbocycles. The van der Waals surface area contributed by atoms with Gasteiger partial charge in [0.15, 0.2) is 5.78 Å². The first-order valence-electron chi connectivity index (χ1n) is 6.15. The minimum atomic E-state index is -0.679. The smallest absolute Gasteiger partial charge is 0.156 e. The molecule has 0 aliphatic rings. The van der Waals surface area contributed by atoms with Gasteiger partial charge < -0.3 is 4.74 Å². The number of benzene rings is 1. The molecule has 0 radical (unpaired) electrons. The van der Waals surface area contributed by atoms with Crippen LogP contribution in [0.4, 0.5) is 0 Å². The first kappa shape index (κ1) is 14.2. The molecule has 0 aliphatic heterocycles. The molecule has 0 saturated carbocycles. The first-order chi connectivity index (χ1) is 8.54. The number of hydrogen-bond acceptors (Lipinski definition) is 3. The van der Waals surface area contributed by atoms with Gasteiger partial charge in [0.2, 0.25) is 0 Å². The van der Waals surface area contributed by atoms with Crippen molar-refractivity contribution >= 4 is 5.78 Å². The zero-order valence-corrected chi connectivity index (χ0v) is 11.4. The Morgan fingerprint density at radius 2 is 2.11 bits per heavy atom. The van der Waals surface area contributed by atoms with E-state index >= 15 is 0 Å². The molecule has 0 bridgehead atoms. The fourth-order valence-electron chi connectivity index (χ4n) is 1.89. The third-order valence-electron chi connectivity index (χ3n) is 3.00. The maximum absolute atomic E-state index is 12.0. The van der Waals surface area contributed by atoms with E-state index in [4.69, 9.17) is 4.74 Å². The molecule has 3 heteroatoms. The van der Waals surface area contributed by atoms with Gasteiger partial charge in [0.1, 0.15) is 11.7 Å². The predicted molar refractivity (Wildman–Crippen MR) is 70.6 cm³/mol. The summed E-state index contributed by atoms with van der Waals surface area (Å²) in [4.78, 5) is 12.0. The molecule has 1 atom stereocenters. The number of aryl methyl sites for hydroxylation is 1. The van der Waals surface area contributed by atoms with E-state index in [2.05, 4.69) is 6.07 Å². The quantitative estimate of drug-likeness (QED) is 0.801. The summed E-state index contributed by atoms with van der Waals surface area (Å²) >= 11 is 0. The highest BCUT2D eigenvalue weighted by Crippen LogP contribution is 2.26. The number of carbonyl (C=O) groups is 1. The van der Waals surface area contributed by atoms with E-state index in [-0.39, 0.29) is 11.7 Å². The van der Waals surface area contributed by atoms with Crippen molar-refractivity contribution in [1.29, 1.82) is 5.26 Å². The number of ketones is 1. The van der Waals surface area contributed by atoms with Crippen molar-refractivity contribution in [1.82, 2.24) is 0 Å². The van der Waals surface area contributed by atoms with Crippen molar-refractivity contribution in [3.8, 4) is 11.8 Å². The molecule has 0 saturated heterocycles. The zero-order valence-electron chi connectivity index (χ0n) is 11.4. The van der Waals surface area contributed by atoms with Crippen molar-refractivity contribution in [3.63, 3.8) is 0 Å². The average molecular weight is 245 g/mol. The van der Waals surface area contributed by atoms with Crippen LogP contribution in [0.1, 0.15) is 37.8 Å². The number of Topliss-reactive ketones (excluding diaryl/α,β-unsaturated/α-hetero) is 1. The van der Waals surface area contributed by atoms with Crippen LogP contribution in [0.3, 0.4) is 0 Å². The molecular weight excluding hydrogens is 226 g/mol. The molecule has 0 heterocycles. The van der Waals surface area contributed by atoms with Crippen LogP contribution in [-0.2, 0) is 11.2 Å². The van der Waals surface area contributed by atoms with E-state index < -0.39 is 5.92 Å². The standard InChI is InChI=1S/C15H19NO2/c1-5-11-8-12(6-7-14(11)18-4)13(9-16)15(17)10(2)3/h6-8,10,13H,5H2,1-4H3. The van der Waals surface area contributed by atoms with Crippen LogP contribution >= 0.6 is 0 Å².